The molecule has 5 aromatic rings. The van der Waals surface area contributed by atoms with Crippen molar-refractivity contribution in [1.82, 2.24) is 87.6 Å². The van der Waals surface area contributed by atoms with Crippen molar-refractivity contribution in [2.45, 2.75) is 233 Å². The van der Waals surface area contributed by atoms with Crippen LogP contribution in [0, 0.1) is 0 Å². The Hall–Kier alpha value is -13.3. The number of likely N-dealkylation sites (N-methyl/N-ethyl adjacent to an activating group) is 3. The van der Waals surface area contributed by atoms with E-state index in [4.69, 9.17) is 27.7 Å². The number of amides is 17. The molecule has 3 aliphatic rings. The van der Waals surface area contributed by atoms with Gasteiger partial charge in [0.15, 0.2) is 0 Å². The molecule has 2 aromatic heterocycles. The number of thioether (sulfide) groups is 1. The molecule has 17 amide bonds. The van der Waals surface area contributed by atoms with Crippen LogP contribution in [0.1, 0.15) is 140 Å². The summed E-state index contributed by atoms with van der Waals surface area (Å²) >= 11 is 0.713. The maximum Gasteiger partial charge on any atom is 0.305 e. The second-order valence-electron chi connectivity index (χ2n) is 33.6. The highest BCUT2D eigenvalue weighted by Crippen LogP contribution is 2.28. The molecule has 3 saturated heterocycles. The van der Waals surface area contributed by atoms with Crippen LogP contribution in [0.3, 0.4) is 0 Å². The van der Waals surface area contributed by atoms with Gasteiger partial charge in [0.05, 0.1) is 38.4 Å². The van der Waals surface area contributed by atoms with Crippen molar-refractivity contribution in [2.24, 2.45) is 22.9 Å². The normalized spacial score (nSPS) is 24.8. The molecule has 3 aliphatic heterocycles. The number of fused-ring (bicyclic) bond motifs is 4. The number of hydrogen-bond acceptors (Lipinski definition) is 24. The first-order valence-electron chi connectivity index (χ1n) is 44.6. The summed E-state index contributed by atoms with van der Waals surface area (Å²) < 4.78 is 5.32. The molecule has 45 heteroatoms. The Morgan fingerprint density at radius 1 is 0.507 bits per heavy atom. The molecule has 5 heterocycles. The van der Waals surface area contributed by atoms with Gasteiger partial charge in [-0.1, -0.05) is 88.1 Å². The van der Waals surface area contributed by atoms with E-state index in [9.17, 15) is 72.9 Å². The highest BCUT2D eigenvalue weighted by molar-refractivity contribution is 8.00. The fourth-order valence-corrected chi connectivity index (χ4v) is 17.2. The SMILES string of the molecule is CCCC[C@H]1C(=O)N(C)[C@@H](CCCC)C(=O)N[C@@H](CCC(=O)O)C(=O)N[C@H](C(=O)NCC(N)=O)CSCC(=O)N[C@@H](Cc2ccc(OC)cc2)C(=O)N(C)[C@@H](C)C(=O)N[C@H](CC(N)=O)C(=O)N2CCC[C@H]2C(=O)N[C@@H](CN)C(=O)N[C@@H](CCCCN)C(=O)N2C[C@H](O)C[C@H]2C(=O)N[C@@H](Cc2c[nH]c3ccccc23)C(=O)N[C@@H](CC(=O)O)C(=O)N[C@@H](Cc2c[nH]c3ccccc23)C(=O)N1C. The summed E-state index contributed by atoms with van der Waals surface area (Å²) in [5, 5.41) is 58.6. The number of hydrogen-bond donors (Lipinski definition) is 19. The molecule has 8 rings (SSSR count). The zero-order chi connectivity index (χ0) is 98.3. The molecule has 134 heavy (non-hydrogen) atoms. The van der Waals surface area contributed by atoms with Gasteiger partial charge in [-0.25, -0.2) is 0 Å². The van der Waals surface area contributed by atoms with Crippen LogP contribution < -0.4 is 80.8 Å². The number of aromatic amines is 2. The van der Waals surface area contributed by atoms with Crippen LogP contribution in [0.15, 0.2) is 85.2 Å². The summed E-state index contributed by atoms with van der Waals surface area (Å²) in [6, 6.07) is -2.98. The van der Waals surface area contributed by atoms with Crippen molar-refractivity contribution in [3.05, 3.63) is 102 Å². The Morgan fingerprint density at radius 3 is 1.63 bits per heavy atom. The number of rotatable bonds is 28. The average Bonchev–Trinajstić information content (AvgIpc) is 1.39. The summed E-state index contributed by atoms with van der Waals surface area (Å²) in [4.78, 5) is 285. The predicted octanol–water partition coefficient (Wildman–Crippen LogP) is -3.47. The van der Waals surface area contributed by atoms with Gasteiger partial charge in [-0.05, 0) is 106 Å². The quantitative estimate of drug-likeness (QED) is 0.0216. The number of nitrogens with one attached hydrogen (secondary N) is 12. The third kappa shape index (κ3) is 29.6. The van der Waals surface area contributed by atoms with Crippen LogP contribution in [-0.2, 0) is 110 Å². The minimum atomic E-state index is -2.07. The first kappa shape index (κ1) is 106. The molecule has 0 saturated carbocycles. The summed E-state index contributed by atoms with van der Waals surface area (Å²) in [6.07, 6.45) is -1.48. The summed E-state index contributed by atoms with van der Waals surface area (Å²) in [7, 11) is 5.17. The van der Waals surface area contributed by atoms with E-state index in [1.54, 1.807) is 99.0 Å². The smallest absolute Gasteiger partial charge is 0.305 e. The highest BCUT2D eigenvalue weighted by Gasteiger charge is 2.47. The van der Waals surface area contributed by atoms with E-state index >= 15 is 33.6 Å². The Labute approximate surface area is 777 Å². The van der Waals surface area contributed by atoms with E-state index in [2.05, 4.69) is 63.1 Å². The topological polar surface area (TPSA) is 666 Å². The Kier molecular flexibility index (Phi) is 40.4. The number of unbranched alkanes of at least 4 members (excludes halogenated alkanes) is 3. The number of H-pyrrole nitrogens is 2. The second-order valence-corrected chi connectivity index (χ2v) is 34.7. The lowest BCUT2D eigenvalue weighted by atomic mass is 9.99. The van der Waals surface area contributed by atoms with Crippen LogP contribution in [-0.4, -0.2) is 325 Å². The minimum Gasteiger partial charge on any atom is -0.497 e. The van der Waals surface area contributed by atoms with Gasteiger partial charge in [0, 0.05) is 113 Å². The van der Waals surface area contributed by atoms with Gasteiger partial charge in [0.2, 0.25) is 100 Å². The lowest BCUT2D eigenvalue weighted by molar-refractivity contribution is -0.149. The van der Waals surface area contributed by atoms with Crippen molar-refractivity contribution in [3.8, 4) is 5.75 Å². The molecule has 3 aromatic carbocycles. The van der Waals surface area contributed by atoms with E-state index in [0.29, 0.717) is 75.3 Å². The number of aliphatic carboxylic acids is 2. The molecule has 44 nitrogen and oxygen atoms in total. The number of aliphatic hydroxyl groups excluding tert-OH is 1. The molecular formula is C89H125N21O23S. The Balaban J connectivity index is 1.20. The number of carboxylic acids is 2. The average molecular weight is 1890 g/mol. The van der Waals surface area contributed by atoms with E-state index in [0.717, 1.165) is 24.5 Å². The molecular weight excluding hydrogens is 1760 g/mol. The summed E-state index contributed by atoms with van der Waals surface area (Å²) in [5.74, 6) is -21.0. The third-order valence-electron chi connectivity index (χ3n) is 23.9. The van der Waals surface area contributed by atoms with Crippen molar-refractivity contribution in [2.75, 3.05) is 72.5 Å². The Bertz CT molecular complexity index is 5050. The van der Waals surface area contributed by atoms with Crippen LogP contribution in [0.2, 0.25) is 0 Å². The standard InChI is InChI=1S/C89H125N21O23S/c1-8-10-24-67-82(125)98-58(31-32-74(115)116)78(121)105-66(77(120)96-44-72(93)113)46-134-47-73(114)97-62(35-49-27-29-53(133-7)30-28-49)85(128)106(4)48(3)76(119)102-64(39-71(92)112)88(131)109-34-18-26-68(109)83(126)104-65(41-91)81(124)99-59(23-16-17-33-90)87(130)110-45-52(111)38-70(110)84(127)101-60(36-50-42-94-56-21-14-12-19-54(50)56)79(122)100-61(40-75(117)118)80(123)103-63(37-51-43-95-57-22-15-13-20-55(51)57)86(129)108(6)69(25-11-9-2)89(132)107(67)5/h12-15,19-22,27-30,42-43,48,52,58-70,94-95,111H,8-11,16-18,23-26,31-41,44-47,90-91H2,1-7H3,(H2,92,112)(H2,93,113)(H,96,120)(H,97,114)(H,98,125)(H,99,124)(H,100,122)(H,101,127)(H,102,119)(H,103,123)(H,104,126)(H,105,121)(H,115,116)(H,117,118)/t48-,52+,58-,59-,60-,61-,62-,63-,64+,65-,66-,67-,68-,69-,70-/m0/s1. The summed E-state index contributed by atoms with van der Waals surface area (Å²) in [6.45, 7) is 2.92. The monoisotopic (exact) mass is 1890 g/mol. The Morgan fingerprint density at radius 2 is 1.04 bits per heavy atom. The number of benzene rings is 3. The number of methoxy groups -OCH3 is 1. The number of carboxylic acid groups (broad SMARTS) is 2. The molecule has 0 spiro atoms. The molecule has 0 unspecified atom stereocenters. The fraction of sp³-hybridized carbons (Fsp3) is 0.539. The zero-order valence-corrected chi connectivity index (χ0v) is 76.9. The first-order chi connectivity index (χ1) is 63.8. The van der Waals surface area contributed by atoms with E-state index in [1.165, 1.54) is 35.2 Å². The molecule has 0 aliphatic carbocycles. The number of nitrogens with zero attached hydrogens (tertiary/aromatic N) is 5. The predicted molar refractivity (Wildman–Crippen MR) is 488 cm³/mol. The van der Waals surface area contributed by atoms with Gasteiger partial charge in [-0.15, -0.1) is 11.8 Å². The van der Waals surface area contributed by atoms with E-state index in [1.807, 2.05) is 0 Å². The van der Waals surface area contributed by atoms with Gasteiger partial charge in [-0.3, -0.25) is 91.1 Å². The molecule has 3 fully saturated rings. The molecule has 730 valence electrons. The number of ether oxygens (including phenoxy) is 1. The van der Waals surface area contributed by atoms with Gasteiger partial charge in [0.25, 0.3) is 0 Å². The number of carbonyl (C=O) groups excluding carboxylic acids is 17. The lowest BCUT2D eigenvalue weighted by Gasteiger charge is -2.36. The molecule has 0 bridgehead atoms. The van der Waals surface area contributed by atoms with Gasteiger partial charge < -0.3 is 131 Å². The van der Waals surface area contributed by atoms with Crippen molar-refractivity contribution in [1.29, 1.82) is 0 Å². The van der Waals surface area contributed by atoms with Gasteiger partial charge in [0.1, 0.15) is 90.3 Å². The fourth-order valence-electron chi connectivity index (χ4n) is 16.3. The number of aliphatic hydroxyl groups is 1. The van der Waals surface area contributed by atoms with Crippen molar-refractivity contribution < 1.29 is 111 Å². The number of primary amides is 2. The number of aromatic nitrogens is 2. The molecule has 0 radical (unpaired) electrons. The lowest BCUT2D eigenvalue weighted by Crippen LogP contribution is -2.61. The maximum absolute atomic E-state index is 15.8. The van der Waals surface area contributed by atoms with Gasteiger partial charge in [-0.2, -0.15) is 0 Å². The van der Waals surface area contributed by atoms with Crippen LogP contribution in [0.4, 0.5) is 0 Å². The number of para-hydroxylation sites is 2. The molecule has 23 N–H and O–H groups in total. The second kappa shape index (κ2) is 51.1. The maximum atomic E-state index is 15.8. The first-order valence-corrected chi connectivity index (χ1v) is 45.8. The van der Waals surface area contributed by atoms with Crippen molar-refractivity contribution in [3.63, 3.8) is 0 Å². The third-order valence-corrected chi connectivity index (χ3v) is 24.9. The number of nitrogens with two attached hydrogens (primary N) is 4. The largest absolute Gasteiger partial charge is 0.497 e. The number of carbonyl (C=O) groups is 19. The van der Waals surface area contributed by atoms with Gasteiger partial charge >= 0.3 is 11.9 Å². The minimum absolute atomic E-state index is 0.0400. The van der Waals surface area contributed by atoms with E-state index < -0.39 is 266 Å². The summed E-state index contributed by atoms with van der Waals surface area (Å²) in [5.41, 5.74) is 25.7. The van der Waals surface area contributed by atoms with Crippen LogP contribution in [0.25, 0.3) is 21.8 Å². The van der Waals surface area contributed by atoms with Crippen molar-refractivity contribution >= 4 is 146 Å². The van der Waals surface area contributed by atoms with Crippen LogP contribution >= 0.6 is 11.8 Å². The van der Waals surface area contributed by atoms with Crippen LogP contribution in [0.5, 0.6) is 5.75 Å². The van der Waals surface area contributed by atoms with E-state index in [-0.39, 0.29) is 83.7 Å². The highest BCUT2D eigenvalue weighted by atomic mass is 32.2. The zero-order valence-electron chi connectivity index (χ0n) is 76.1. The molecule has 15 atom stereocenters.